The van der Waals surface area contributed by atoms with Gasteiger partial charge in [0.1, 0.15) is 6.29 Å². The highest BCUT2D eigenvalue weighted by Gasteiger charge is 2.21. The predicted molar refractivity (Wildman–Crippen MR) is 40.9 cm³/mol. The molecule has 2 atom stereocenters. The van der Waals surface area contributed by atoms with E-state index in [1.54, 1.807) is 0 Å². The van der Waals surface area contributed by atoms with Gasteiger partial charge in [0, 0.05) is 12.0 Å². The van der Waals surface area contributed by atoms with E-state index in [1.165, 1.54) is 0 Å². The monoisotopic (exact) mass is 141 g/mol. The zero-order valence-electron chi connectivity index (χ0n) is 6.71. The zero-order chi connectivity index (χ0) is 7.56. The second kappa shape index (κ2) is 3.15. The summed E-state index contributed by atoms with van der Waals surface area (Å²) in [5, 5.41) is 0. The Morgan fingerprint density at radius 3 is 2.80 bits per heavy atom. The van der Waals surface area contributed by atoms with Gasteiger partial charge in [-0.1, -0.05) is 0 Å². The van der Waals surface area contributed by atoms with Gasteiger partial charge in [-0.05, 0) is 33.4 Å². The number of piperidine rings is 1. The molecule has 1 rings (SSSR count). The maximum Gasteiger partial charge on any atom is 0.123 e. The fourth-order valence-electron chi connectivity index (χ4n) is 1.45. The van der Waals surface area contributed by atoms with Crippen LogP contribution >= 0.6 is 0 Å². The highest BCUT2D eigenvalue weighted by Crippen LogP contribution is 2.18. The summed E-state index contributed by atoms with van der Waals surface area (Å²) in [6, 6.07) is 0.587. The molecule has 1 fully saturated rings. The second-order valence-electron chi connectivity index (χ2n) is 3.25. The van der Waals surface area contributed by atoms with E-state index in [0.717, 1.165) is 25.7 Å². The number of carbonyl (C=O) groups excluding carboxylic acids is 1. The number of hydrogen-bond donors (Lipinski definition) is 0. The Balaban J connectivity index is 2.40. The maximum absolute atomic E-state index is 10.4. The molecular formula is C8H15NO. The molecule has 10 heavy (non-hydrogen) atoms. The van der Waals surface area contributed by atoms with Gasteiger partial charge in [0.25, 0.3) is 0 Å². The first kappa shape index (κ1) is 7.73. The van der Waals surface area contributed by atoms with Crippen LogP contribution in [0.3, 0.4) is 0 Å². The van der Waals surface area contributed by atoms with Crippen molar-refractivity contribution in [2.24, 2.45) is 5.92 Å². The molecule has 58 valence electrons. The summed E-state index contributed by atoms with van der Waals surface area (Å²) in [6.07, 6.45) is 3.19. The molecule has 0 unspecified atom stereocenters. The first-order chi connectivity index (χ1) is 4.74. The Morgan fingerprint density at radius 2 is 2.30 bits per heavy atom. The van der Waals surface area contributed by atoms with Crippen molar-refractivity contribution in [1.82, 2.24) is 4.90 Å². The van der Waals surface area contributed by atoms with Crippen molar-refractivity contribution in [3.8, 4) is 0 Å². The fourth-order valence-corrected chi connectivity index (χ4v) is 1.45. The minimum Gasteiger partial charge on any atom is -0.304 e. The standard InChI is InChI=1S/C8H15NO/c1-7-5-8(6-10)3-4-9(7)2/h6-8H,3-5H2,1-2H3/t7-,8-/m1/s1. The third kappa shape index (κ3) is 1.57. The molecule has 0 radical (unpaired) electrons. The molecule has 0 spiro atoms. The molecule has 1 saturated heterocycles. The minimum absolute atomic E-state index is 0.325. The summed E-state index contributed by atoms with van der Waals surface area (Å²) in [4.78, 5) is 12.7. The van der Waals surface area contributed by atoms with Gasteiger partial charge >= 0.3 is 0 Å². The summed E-state index contributed by atoms with van der Waals surface area (Å²) in [7, 11) is 2.12. The summed E-state index contributed by atoms with van der Waals surface area (Å²) in [5.41, 5.74) is 0. The molecule has 0 aromatic rings. The summed E-state index contributed by atoms with van der Waals surface area (Å²) in [5.74, 6) is 0.325. The van der Waals surface area contributed by atoms with Gasteiger partial charge in [-0.15, -0.1) is 0 Å². The van der Waals surface area contributed by atoms with Gasteiger partial charge in [-0.3, -0.25) is 0 Å². The Hall–Kier alpha value is -0.370. The molecule has 0 saturated carbocycles. The molecule has 0 aromatic carbocycles. The van der Waals surface area contributed by atoms with E-state index >= 15 is 0 Å². The number of hydrogen-bond acceptors (Lipinski definition) is 2. The smallest absolute Gasteiger partial charge is 0.123 e. The van der Waals surface area contributed by atoms with Crippen LogP contribution in [0.1, 0.15) is 19.8 Å². The van der Waals surface area contributed by atoms with E-state index in [2.05, 4.69) is 18.9 Å². The summed E-state index contributed by atoms with van der Waals surface area (Å²) >= 11 is 0. The van der Waals surface area contributed by atoms with Crippen LogP contribution < -0.4 is 0 Å². The molecule has 2 nitrogen and oxygen atoms in total. The van der Waals surface area contributed by atoms with Crippen molar-refractivity contribution in [3.63, 3.8) is 0 Å². The molecule has 0 aliphatic carbocycles. The van der Waals surface area contributed by atoms with Crippen LogP contribution in [0.15, 0.2) is 0 Å². The van der Waals surface area contributed by atoms with Crippen LogP contribution in [-0.4, -0.2) is 30.8 Å². The van der Waals surface area contributed by atoms with Crippen molar-refractivity contribution >= 4 is 6.29 Å². The van der Waals surface area contributed by atoms with Gasteiger partial charge in [0.2, 0.25) is 0 Å². The Kier molecular flexibility index (Phi) is 2.44. The molecule has 2 heteroatoms. The molecule has 0 N–H and O–H groups in total. The average molecular weight is 141 g/mol. The van der Waals surface area contributed by atoms with Gasteiger partial charge < -0.3 is 9.69 Å². The largest absolute Gasteiger partial charge is 0.304 e. The van der Waals surface area contributed by atoms with Gasteiger partial charge in [-0.25, -0.2) is 0 Å². The Morgan fingerprint density at radius 1 is 1.60 bits per heavy atom. The number of likely N-dealkylation sites (tertiary alicyclic amines) is 1. The predicted octanol–water partition coefficient (Wildman–Crippen LogP) is 0.916. The molecule has 1 aliphatic rings. The quantitative estimate of drug-likeness (QED) is 0.506. The van der Waals surface area contributed by atoms with Crippen molar-refractivity contribution in [1.29, 1.82) is 0 Å². The lowest BCUT2D eigenvalue weighted by molar-refractivity contribution is -0.112. The highest BCUT2D eigenvalue weighted by molar-refractivity contribution is 5.53. The number of nitrogens with zero attached hydrogens (tertiary/aromatic N) is 1. The lowest BCUT2D eigenvalue weighted by Gasteiger charge is -2.32. The maximum atomic E-state index is 10.4. The lowest BCUT2D eigenvalue weighted by Crippen LogP contribution is -2.38. The number of rotatable bonds is 1. The van der Waals surface area contributed by atoms with Crippen LogP contribution in [0.5, 0.6) is 0 Å². The normalized spacial score (nSPS) is 35.8. The van der Waals surface area contributed by atoms with Gasteiger partial charge in [0.05, 0.1) is 0 Å². The SMILES string of the molecule is C[C@@H]1C[C@H](C=O)CCN1C. The van der Waals surface area contributed by atoms with E-state index in [0.29, 0.717) is 12.0 Å². The molecule has 1 aliphatic heterocycles. The third-order valence-corrected chi connectivity index (χ3v) is 2.44. The molecule has 0 bridgehead atoms. The molecule has 0 aromatic heterocycles. The van der Waals surface area contributed by atoms with Crippen LogP contribution in [-0.2, 0) is 4.79 Å². The van der Waals surface area contributed by atoms with Crippen LogP contribution in [0.25, 0.3) is 0 Å². The van der Waals surface area contributed by atoms with E-state index in [4.69, 9.17) is 0 Å². The van der Waals surface area contributed by atoms with E-state index < -0.39 is 0 Å². The van der Waals surface area contributed by atoms with Crippen molar-refractivity contribution in [2.45, 2.75) is 25.8 Å². The van der Waals surface area contributed by atoms with Gasteiger partial charge in [0.15, 0.2) is 0 Å². The Bertz CT molecular complexity index is 124. The topological polar surface area (TPSA) is 20.3 Å². The second-order valence-corrected chi connectivity index (χ2v) is 3.25. The number of aldehydes is 1. The first-order valence-electron chi connectivity index (χ1n) is 3.89. The van der Waals surface area contributed by atoms with Crippen molar-refractivity contribution in [2.75, 3.05) is 13.6 Å². The van der Waals surface area contributed by atoms with E-state index in [-0.39, 0.29) is 0 Å². The van der Waals surface area contributed by atoms with Gasteiger partial charge in [-0.2, -0.15) is 0 Å². The highest BCUT2D eigenvalue weighted by atomic mass is 16.1. The van der Waals surface area contributed by atoms with Crippen LogP contribution in [0.2, 0.25) is 0 Å². The third-order valence-electron chi connectivity index (χ3n) is 2.44. The first-order valence-corrected chi connectivity index (χ1v) is 3.89. The fraction of sp³-hybridized carbons (Fsp3) is 0.875. The zero-order valence-corrected chi connectivity index (χ0v) is 6.71. The van der Waals surface area contributed by atoms with E-state index in [1.807, 2.05) is 0 Å². The van der Waals surface area contributed by atoms with Crippen LogP contribution in [0, 0.1) is 5.92 Å². The van der Waals surface area contributed by atoms with E-state index in [9.17, 15) is 4.79 Å². The molecular weight excluding hydrogens is 126 g/mol. The molecule has 0 amide bonds. The minimum atomic E-state index is 0.325. The Labute approximate surface area is 62.2 Å². The molecule has 1 heterocycles. The number of carbonyl (C=O) groups is 1. The average Bonchev–Trinajstić information content (AvgIpc) is 1.95. The van der Waals surface area contributed by atoms with Crippen molar-refractivity contribution < 1.29 is 4.79 Å². The van der Waals surface area contributed by atoms with Crippen LogP contribution in [0.4, 0.5) is 0 Å². The summed E-state index contributed by atoms with van der Waals surface area (Å²) < 4.78 is 0. The van der Waals surface area contributed by atoms with Crippen molar-refractivity contribution in [3.05, 3.63) is 0 Å². The summed E-state index contributed by atoms with van der Waals surface area (Å²) in [6.45, 7) is 3.25. The lowest BCUT2D eigenvalue weighted by atomic mass is 9.93.